The Kier molecular flexibility index (Phi) is 6.96. The number of halogens is 3. The first-order valence-corrected chi connectivity index (χ1v) is 10.2. The number of hydrogen-bond acceptors (Lipinski definition) is 5. The maximum Gasteiger partial charge on any atom is 0.573 e. The molecule has 0 radical (unpaired) electrons. The summed E-state index contributed by atoms with van der Waals surface area (Å²) < 4.78 is 70.7. The fourth-order valence-corrected chi connectivity index (χ4v) is 3.20. The van der Waals surface area contributed by atoms with E-state index in [0.717, 1.165) is 22.7 Å². The van der Waals surface area contributed by atoms with Crippen LogP contribution in [0.1, 0.15) is 6.92 Å². The van der Waals surface area contributed by atoms with E-state index in [4.69, 9.17) is 4.74 Å². The first-order valence-electron chi connectivity index (χ1n) is 8.34. The molecule has 1 N–H and O–H groups in total. The monoisotopic (exact) mass is 432 g/mol. The zero-order valence-electron chi connectivity index (χ0n) is 15.6. The Balaban J connectivity index is 2.08. The average molecular weight is 432 g/mol. The number of amides is 1. The molecular weight excluding hydrogens is 413 g/mol. The smallest absolute Gasteiger partial charge is 0.494 e. The van der Waals surface area contributed by atoms with Gasteiger partial charge < -0.3 is 14.8 Å². The summed E-state index contributed by atoms with van der Waals surface area (Å²) in [4.78, 5) is 12.3. The number of nitrogens with one attached hydrogen (secondary N) is 1. The number of ether oxygens (including phenoxy) is 2. The van der Waals surface area contributed by atoms with E-state index in [1.165, 1.54) is 24.3 Å². The van der Waals surface area contributed by atoms with Gasteiger partial charge in [-0.25, -0.2) is 8.42 Å². The van der Waals surface area contributed by atoms with Crippen LogP contribution < -0.4 is 19.1 Å². The normalized spacial score (nSPS) is 11.6. The number of alkyl halides is 3. The number of rotatable bonds is 8. The van der Waals surface area contributed by atoms with Gasteiger partial charge in [0.05, 0.1) is 18.6 Å². The molecule has 0 heterocycles. The van der Waals surface area contributed by atoms with Crippen LogP contribution in [0.15, 0.2) is 48.5 Å². The Morgan fingerprint density at radius 1 is 1.03 bits per heavy atom. The van der Waals surface area contributed by atoms with Crippen LogP contribution >= 0.6 is 0 Å². The molecule has 0 aliphatic heterocycles. The van der Waals surface area contributed by atoms with Gasteiger partial charge in [0.25, 0.3) is 0 Å². The SMILES string of the molecule is CCOc1ccc(N(CC(=O)Nc2ccc(OC(F)(F)F)cc2)S(C)(=O)=O)cc1. The van der Waals surface area contributed by atoms with E-state index in [2.05, 4.69) is 10.1 Å². The van der Waals surface area contributed by atoms with Crippen molar-refractivity contribution in [1.82, 2.24) is 0 Å². The second-order valence-corrected chi connectivity index (χ2v) is 7.72. The first kappa shape index (κ1) is 22.3. The number of anilines is 2. The van der Waals surface area contributed by atoms with Crippen LogP contribution in [-0.4, -0.2) is 40.1 Å². The summed E-state index contributed by atoms with van der Waals surface area (Å²) >= 11 is 0. The molecule has 0 saturated carbocycles. The van der Waals surface area contributed by atoms with Crippen molar-refractivity contribution in [3.05, 3.63) is 48.5 Å². The van der Waals surface area contributed by atoms with E-state index < -0.39 is 34.6 Å². The highest BCUT2D eigenvalue weighted by atomic mass is 32.2. The van der Waals surface area contributed by atoms with E-state index in [9.17, 15) is 26.4 Å². The Hall–Kier alpha value is -2.95. The van der Waals surface area contributed by atoms with Gasteiger partial charge in [0.1, 0.15) is 18.0 Å². The van der Waals surface area contributed by atoms with E-state index in [0.29, 0.717) is 12.4 Å². The quantitative estimate of drug-likeness (QED) is 0.691. The van der Waals surface area contributed by atoms with Crippen LogP contribution in [0.25, 0.3) is 0 Å². The van der Waals surface area contributed by atoms with Crippen LogP contribution in [-0.2, 0) is 14.8 Å². The van der Waals surface area contributed by atoms with Crippen molar-refractivity contribution in [3.63, 3.8) is 0 Å². The van der Waals surface area contributed by atoms with Gasteiger partial charge in [-0.1, -0.05) is 0 Å². The first-order chi connectivity index (χ1) is 13.5. The van der Waals surface area contributed by atoms with Crippen molar-refractivity contribution < 1.29 is 35.9 Å². The molecule has 0 saturated heterocycles. The van der Waals surface area contributed by atoms with Crippen molar-refractivity contribution in [2.45, 2.75) is 13.3 Å². The van der Waals surface area contributed by atoms with Gasteiger partial charge in [-0.15, -0.1) is 13.2 Å². The fraction of sp³-hybridized carbons (Fsp3) is 0.278. The van der Waals surface area contributed by atoms with Gasteiger partial charge in [-0.2, -0.15) is 0 Å². The highest BCUT2D eigenvalue weighted by Gasteiger charge is 2.31. The zero-order valence-corrected chi connectivity index (χ0v) is 16.4. The molecule has 0 fully saturated rings. The van der Waals surface area contributed by atoms with E-state index in [-0.39, 0.29) is 11.4 Å². The second kappa shape index (κ2) is 9.03. The van der Waals surface area contributed by atoms with Crippen LogP contribution in [0.4, 0.5) is 24.5 Å². The van der Waals surface area contributed by atoms with Crippen molar-refractivity contribution in [1.29, 1.82) is 0 Å². The van der Waals surface area contributed by atoms with Crippen molar-refractivity contribution in [3.8, 4) is 11.5 Å². The molecule has 0 aliphatic carbocycles. The summed E-state index contributed by atoms with van der Waals surface area (Å²) in [6.45, 7) is 1.74. The molecular formula is C18H19F3N2O5S. The minimum Gasteiger partial charge on any atom is -0.494 e. The molecule has 0 bridgehead atoms. The molecule has 0 atom stereocenters. The van der Waals surface area contributed by atoms with E-state index in [1.807, 2.05) is 6.92 Å². The highest BCUT2D eigenvalue weighted by Crippen LogP contribution is 2.24. The number of benzene rings is 2. The summed E-state index contributed by atoms with van der Waals surface area (Å²) in [5.41, 5.74) is 0.449. The second-order valence-electron chi connectivity index (χ2n) is 5.82. The lowest BCUT2D eigenvalue weighted by atomic mass is 10.3. The molecule has 2 rings (SSSR count). The zero-order chi connectivity index (χ0) is 21.7. The lowest BCUT2D eigenvalue weighted by Gasteiger charge is -2.22. The average Bonchev–Trinajstić information content (AvgIpc) is 2.60. The molecule has 0 unspecified atom stereocenters. The molecule has 0 aromatic heterocycles. The lowest BCUT2D eigenvalue weighted by molar-refractivity contribution is -0.274. The number of carbonyl (C=O) groups excluding carboxylic acids is 1. The van der Waals surface area contributed by atoms with E-state index >= 15 is 0 Å². The van der Waals surface area contributed by atoms with Crippen molar-refractivity contribution in [2.24, 2.45) is 0 Å². The van der Waals surface area contributed by atoms with Crippen molar-refractivity contribution >= 4 is 27.3 Å². The maximum atomic E-state index is 12.3. The minimum atomic E-state index is -4.82. The maximum absolute atomic E-state index is 12.3. The molecule has 7 nitrogen and oxygen atoms in total. The molecule has 2 aromatic rings. The topological polar surface area (TPSA) is 84.9 Å². The van der Waals surface area contributed by atoms with Crippen LogP contribution in [0.3, 0.4) is 0 Å². The van der Waals surface area contributed by atoms with Gasteiger partial charge in [-0.05, 0) is 55.5 Å². The predicted molar refractivity (Wildman–Crippen MR) is 102 cm³/mol. The predicted octanol–water partition coefficient (Wildman–Crippen LogP) is 3.39. The molecule has 0 aliphatic rings. The van der Waals surface area contributed by atoms with Gasteiger partial charge in [0.15, 0.2) is 0 Å². The van der Waals surface area contributed by atoms with Crippen LogP contribution in [0.5, 0.6) is 11.5 Å². The Morgan fingerprint density at radius 2 is 1.59 bits per heavy atom. The molecule has 29 heavy (non-hydrogen) atoms. The lowest BCUT2D eigenvalue weighted by Crippen LogP contribution is -2.37. The van der Waals surface area contributed by atoms with Gasteiger partial charge in [0, 0.05) is 5.69 Å². The summed E-state index contributed by atoms with van der Waals surface area (Å²) in [6.07, 6.45) is -3.86. The highest BCUT2D eigenvalue weighted by molar-refractivity contribution is 7.92. The van der Waals surface area contributed by atoms with E-state index in [1.54, 1.807) is 12.1 Å². The summed E-state index contributed by atoms with van der Waals surface area (Å²) in [7, 11) is -3.77. The third-order valence-electron chi connectivity index (χ3n) is 3.49. The largest absolute Gasteiger partial charge is 0.573 e. The van der Waals surface area contributed by atoms with Gasteiger partial charge in [-0.3, -0.25) is 9.10 Å². The van der Waals surface area contributed by atoms with Crippen LogP contribution in [0, 0.1) is 0 Å². The van der Waals surface area contributed by atoms with Gasteiger partial charge in [0.2, 0.25) is 15.9 Å². The Bertz CT molecular complexity index is 929. The molecule has 2 aromatic carbocycles. The third-order valence-corrected chi connectivity index (χ3v) is 4.64. The third kappa shape index (κ3) is 7.18. The summed E-state index contributed by atoms with van der Waals surface area (Å²) in [5.74, 6) is -0.563. The summed E-state index contributed by atoms with van der Waals surface area (Å²) in [6, 6.07) is 10.6. The Labute approximate surface area is 166 Å². The summed E-state index contributed by atoms with van der Waals surface area (Å²) in [5, 5.41) is 2.43. The Morgan fingerprint density at radius 3 is 2.07 bits per heavy atom. The number of nitrogens with zero attached hydrogens (tertiary/aromatic N) is 1. The number of sulfonamides is 1. The van der Waals surface area contributed by atoms with Crippen molar-refractivity contribution in [2.75, 3.05) is 29.0 Å². The molecule has 1 amide bonds. The number of carbonyl (C=O) groups is 1. The van der Waals surface area contributed by atoms with Crippen LogP contribution in [0.2, 0.25) is 0 Å². The molecule has 11 heteroatoms. The minimum absolute atomic E-state index is 0.185. The fourth-order valence-electron chi connectivity index (χ4n) is 2.35. The molecule has 0 spiro atoms. The molecule has 158 valence electrons. The van der Waals surface area contributed by atoms with Gasteiger partial charge >= 0.3 is 6.36 Å². The number of hydrogen-bond donors (Lipinski definition) is 1. The standard InChI is InChI=1S/C18H19F3N2O5S/c1-3-27-15-10-6-14(7-11-15)23(29(2,25)26)12-17(24)22-13-4-8-16(9-5-13)28-18(19,20)21/h4-11H,3,12H2,1-2H3,(H,22,24).